The van der Waals surface area contributed by atoms with Crippen molar-refractivity contribution < 1.29 is 4.39 Å². The molecule has 1 aromatic carbocycles. The molecule has 1 aliphatic carbocycles. The second kappa shape index (κ2) is 4.61. The molecule has 0 aromatic heterocycles. The highest BCUT2D eigenvalue weighted by molar-refractivity contribution is 5.48. The number of hydrogen-bond acceptors (Lipinski definition) is 0. The van der Waals surface area contributed by atoms with Gasteiger partial charge in [0.1, 0.15) is 5.82 Å². The molecule has 0 amide bonds. The van der Waals surface area contributed by atoms with Gasteiger partial charge in [-0.1, -0.05) is 44.1 Å². The fourth-order valence-electron chi connectivity index (χ4n) is 2.42. The van der Waals surface area contributed by atoms with Crippen molar-refractivity contribution in [3.8, 4) is 0 Å². The zero-order valence-corrected chi connectivity index (χ0v) is 9.01. The Morgan fingerprint density at radius 3 is 2.53 bits per heavy atom. The van der Waals surface area contributed by atoms with E-state index >= 15 is 0 Å². The van der Waals surface area contributed by atoms with Crippen molar-refractivity contribution in [2.24, 2.45) is 0 Å². The summed E-state index contributed by atoms with van der Waals surface area (Å²) >= 11 is 0. The first-order valence-electron chi connectivity index (χ1n) is 5.73. The van der Waals surface area contributed by atoms with Gasteiger partial charge in [0, 0.05) is 0 Å². The number of benzene rings is 1. The molecule has 0 unspecified atom stereocenters. The van der Waals surface area contributed by atoms with Crippen LogP contribution in [0.2, 0.25) is 0 Å². The molecule has 2 rings (SSSR count). The van der Waals surface area contributed by atoms with Crippen LogP contribution in [0.3, 0.4) is 0 Å². The van der Waals surface area contributed by atoms with Crippen LogP contribution in [0.1, 0.15) is 49.1 Å². The largest absolute Gasteiger partial charge is 0.207 e. The van der Waals surface area contributed by atoms with E-state index in [0.29, 0.717) is 5.92 Å². The molecule has 1 aliphatic rings. The van der Waals surface area contributed by atoms with Crippen molar-refractivity contribution >= 4 is 6.08 Å². The van der Waals surface area contributed by atoms with Crippen LogP contribution in [0.4, 0.5) is 4.39 Å². The molecule has 0 nitrogen and oxygen atoms in total. The molecular weight excluding hydrogens is 187 g/mol. The van der Waals surface area contributed by atoms with Crippen molar-refractivity contribution in [2.75, 3.05) is 0 Å². The molecule has 15 heavy (non-hydrogen) atoms. The Hall–Kier alpha value is -1.11. The second-order valence-corrected chi connectivity index (χ2v) is 4.32. The van der Waals surface area contributed by atoms with Crippen molar-refractivity contribution in [1.82, 2.24) is 0 Å². The van der Waals surface area contributed by atoms with Gasteiger partial charge in [-0.15, -0.1) is 0 Å². The Balaban J connectivity index is 2.23. The van der Waals surface area contributed by atoms with Crippen LogP contribution >= 0.6 is 0 Å². The van der Waals surface area contributed by atoms with Gasteiger partial charge in [-0.3, -0.25) is 0 Å². The first-order valence-corrected chi connectivity index (χ1v) is 5.73. The standard InChI is InChI=1S/C14H17F/c1-2-11-8-9-13(14(15)10-11)12-6-4-3-5-7-12/h2,8-10,12H,1,3-7H2. The maximum atomic E-state index is 13.8. The molecule has 0 spiro atoms. The molecule has 0 N–H and O–H groups in total. The summed E-state index contributed by atoms with van der Waals surface area (Å²) in [5.41, 5.74) is 1.77. The minimum absolute atomic E-state index is 0.0562. The van der Waals surface area contributed by atoms with Crippen molar-refractivity contribution in [2.45, 2.75) is 38.0 Å². The summed E-state index contributed by atoms with van der Waals surface area (Å²) in [6.45, 7) is 3.65. The van der Waals surface area contributed by atoms with Crippen LogP contribution in [0.5, 0.6) is 0 Å². The Morgan fingerprint density at radius 1 is 1.20 bits per heavy atom. The zero-order valence-electron chi connectivity index (χ0n) is 9.01. The van der Waals surface area contributed by atoms with E-state index < -0.39 is 0 Å². The van der Waals surface area contributed by atoms with Gasteiger partial charge in [0.05, 0.1) is 0 Å². The molecule has 0 bridgehead atoms. The van der Waals surface area contributed by atoms with E-state index in [0.717, 1.165) is 24.0 Å². The molecule has 0 heterocycles. The van der Waals surface area contributed by atoms with E-state index in [1.54, 1.807) is 12.1 Å². The third-order valence-corrected chi connectivity index (χ3v) is 3.31. The lowest BCUT2D eigenvalue weighted by molar-refractivity contribution is 0.429. The Morgan fingerprint density at radius 2 is 1.93 bits per heavy atom. The average molecular weight is 204 g/mol. The van der Waals surface area contributed by atoms with Gasteiger partial charge in [-0.25, -0.2) is 4.39 Å². The third kappa shape index (κ3) is 2.28. The van der Waals surface area contributed by atoms with Crippen LogP contribution in [0.25, 0.3) is 6.08 Å². The number of rotatable bonds is 2. The quantitative estimate of drug-likeness (QED) is 0.664. The smallest absolute Gasteiger partial charge is 0.127 e. The summed E-state index contributed by atoms with van der Waals surface area (Å²) in [5.74, 6) is 0.386. The molecule has 0 atom stereocenters. The van der Waals surface area contributed by atoms with Crippen molar-refractivity contribution in [3.05, 3.63) is 41.7 Å². The van der Waals surface area contributed by atoms with E-state index in [1.807, 2.05) is 12.1 Å². The highest BCUT2D eigenvalue weighted by Crippen LogP contribution is 2.34. The fourth-order valence-corrected chi connectivity index (χ4v) is 2.42. The zero-order chi connectivity index (χ0) is 10.7. The lowest BCUT2D eigenvalue weighted by Gasteiger charge is -2.22. The van der Waals surface area contributed by atoms with E-state index in [-0.39, 0.29) is 5.82 Å². The van der Waals surface area contributed by atoms with Crippen molar-refractivity contribution in [1.29, 1.82) is 0 Å². The van der Waals surface area contributed by atoms with Crippen molar-refractivity contribution in [3.63, 3.8) is 0 Å². The lowest BCUT2D eigenvalue weighted by atomic mass is 9.83. The molecule has 1 heteroatoms. The Bertz CT molecular complexity index is 348. The van der Waals surface area contributed by atoms with E-state index in [2.05, 4.69) is 6.58 Å². The predicted octanol–water partition coefficient (Wildman–Crippen LogP) is 4.52. The number of hydrogen-bond donors (Lipinski definition) is 0. The highest BCUT2D eigenvalue weighted by Gasteiger charge is 2.18. The molecule has 0 radical (unpaired) electrons. The minimum atomic E-state index is -0.0562. The SMILES string of the molecule is C=Cc1ccc(C2CCCCC2)c(F)c1. The summed E-state index contributed by atoms with van der Waals surface area (Å²) in [6.07, 6.45) is 7.77. The summed E-state index contributed by atoms with van der Waals surface area (Å²) in [5, 5.41) is 0. The van der Waals surface area contributed by atoms with Crippen LogP contribution < -0.4 is 0 Å². The first-order chi connectivity index (χ1) is 7.31. The van der Waals surface area contributed by atoms with Gasteiger partial charge in [0.15, 0.2) is 0 Å². The molecular formula is C14H17F. The Kier molecular flexibility index (Phi) is 3.20. The molecule has 1 saturated carbocycles. The molecule has 0 saturated heterocycles. The van der Waals surface area contributed by atoms with Gasteiger partial charge < -0.3 is 0 Å². The molecule has 0 aliphatic heterocycles. The van der Waals surface area contributed by atoms with Crippen LogP contribution in [-0.2, 0) is 0 Å². The highest BCUT2D eigenvalue weighted by atomic mass is 19.1. The maximum absolute atomic E-state index is 13.8. The second-order valence-electron chi connectivity index (χ2n) is 4.32. The van der Waals surface area contributed by atoms with E-state index in [1.165, 1.54) is 19.3 Å². The monoisotopic (exact) mass is 204 g/mol. The first kappa shape index (κ1) is 10.4. The van der Waals surface area contributed by atoms with Gasteiger partial charge in [0.2, 0.25) is 0 Å². The van der Waals surface area contributed by atoms with Gasteiger partial charge in [-0.2, -0.15) is 0 Å². The minimum Gasteiger partial charge on any atom is -0.207 e. The van der Waals surface area contributed by atoms with Gasteiger partial charge in [-0.05, 0) is 36.0 Å². The topological polar surface area (TPSA) is 0 Å². The molecule has 1 fully saturated rings. The molecule has 1 aromatic rings. The molecule has 80 valence electrons. The van der Waals surface area contributed by atoms with E-state index in [4.69, 9.17) is 0 Å². The van der Waals surface area contributed by atoms with Crippen LogP contribution in [-0.4, -0.2) is 0 Å². The summed E-state index contributed by atoms with van der Waals surface area (Å²) in [6, 6.07) is 5.49. The summed E-state index contributed by atoms with van der Waals surface area (Å²) < 4.78 is 13.8. The van der Waals surface area contributed by atoms with E-state index in [9.17, 15) is 4.39 Å². The van der Waals surface area contributed by atoms with Gasteiger partial charge in [0.25, 0.3) is 0 Å². The normalized spacial score (nSPS) is 17.7. The Labute approximate surface area is 90.8 Å². The van der Waals surface area contributed by atoms with Crippen LogP contribution in [0.15, 0.2) is 24.8 Å². The summed E-state index contributed by atoms with van der Waals surface area (Å²) in [7, 11) is 0. The fraction of sp³-hybridized carbons (Fsp3) is 0.429. The third-order valence-electron chi connectivity index (χ3n) is 3.31. The predicted molar refractivity (Wildman–Crippen MR) is 62.3 cm³/mol. The van der Waals surface area contributed by atoms with Gasteiger partial charge >= 0.3 is 0 Å². The lowest BCUT2D eigenvalue weighted by Crippen LogP contribution is -2.06. The maximum Gasteiger partial charge on any atom is 0.127 e. The summed E-state index contributed by atoms with van der Waals surface area (Å²) in [4.78, 5) is 0. The van der Waals surface area contributed by atoms with Crippen LogP contribution in [0, 0.1) is 5.82 Å². The average Bonchev–Trinajstić information content (AvgIpc) is 2.30. The number of halogens is 1.